The summed E-state index contributed by atoms with van der Waals surface area (Å²) in [5.74, 6) is -0.680. The first-order valence-electron chi connectivity index (χ1n) is 14.2. The van der Waals surface area contributed by atoms with E-state index in [0.717, 1.165) is 42.5 Å². The molecule has 0 saturated carbocycles. The number of fused-ring (bicyclic) bond motifs is 2. The molecular weight excluding hydrogens is 570 g/mol. The van der Waals surface area contributed by atoms with Crippen LogP contribution in [-0.4, -0.2) is 40.5 Å². The van der Waals surface area contributed by atoms with Gasteiger partial charge in [0, 0.05) is 4.88 Å². The van der Waals surface area contributed by atoms with Gasteiger partial charge in [0.25, 0.3) is 5.91 Å². The Bertz CT molecular complexity index is 1790. The van der Waals surface area contributed by atoms with Crippen molar-refractivity contribution in [1.29, 1.82) is 0 Å². The molecule has 0 radical (unpaired) electrons. The number of amides is 1. The molecular formula is C32H29N3O7S. The number of hydrogen-bond donors (Lipinski definition) is 1. The predicted molar refractivity (Wildman–Crippen MR) is 160 cm³/mol. The maximum absolute atomic E-state index is 13.2. The van der Waals surface area contributed by atoms with Gasteiger partial charge < -0.3 is 23.6 Å². The summed E-state index contributed by atoms with van der Waals surface area (Å²) in [6.07, 6.45) is 6.66. The molecule has 0 saturated heterocycles. The molecule has 4 heterocycles. The quantitative estimate of drug-likeness (QED) is 0.150. The van der Waals surface area contributed by atoms with E-state index >= 15 is 0 Å². The van der Waals surface area contributed by atoms with Crippen LogP contribution in [0.1, 0.15) is 64.3 Å². The molecule has 1 aliphatic rings. The van der Waals surface area contributed by atoms with E-state index < -0.39 is 23.9 Å². The average Bonchev–Trinajstić information content (AvgIpc) is 3.76. The Balaban J connectivity index is 1.22. The maximum Gasteiger partial charge on any atom is 0.341 e. The van der Waals surface area contributed by atoms with Gasteiger partial charge in [-0.25, -0.2) is 19.6 Å². The number of carbonyl (C=O) groups excluding carboxylic acids is 3. The highest BCUT2D eigenvalue weighted by Gasteiger charge is 2.29. The van der Waals surface area contributed by atoms with Crippen LogP contribution < -0.4 is 5.32 Å². The molecule has 1 atom stereocenters. The third kappa shape index (κ3) is 5.80. The lowest BCUT2D eigenvalue weighted by atomic mass is 10.1. The maximum atomic E-state index is 13.2. The fourth-order valence-electron chi connectivity index (χ4n) is 5.10. The van der Waals surface area contributed by atoms with Crippen LogP contribution in [-0.2, 0) is 27.1 Å². The number of aromatic nitrogens is 2. The van der Waals surface area contributed by atoms with Crippen LogP contribution in [0.2, 0.25) is 0 Å². The van der Waals surface area contributed by atoms with Crippen LogP contribution >= 0.6 is 11.3 Å². The number of furan rings is 2. The molecule has 0 fully saturated rings. The minimum atomic E-state index is -1.13. The second-order valence-electron chi connectivity index (χ2n) is 10.1. The van der Waals surface area contributed by atoms with E-state index in [1.54, 1.807) is 55.7 Å². The minimum absolute atomic E-state index is 0.202. The lowest BCUT2D eigenvalue weighted by Gasteiger charge is -2.14. The molecule has 220 valence electrons. The minimum Gasteiger partial charge on any atom is -0.463 e. The van der Waals surface area contributed by atoms with Gasteiger partial charge in [-0.15, -0.1) is 11.3 Å². The van der Waals surface area contributed by atoms with E-state index in [4.69, 9.17) is 28.3 Å². The standard InChI is InChI=1S/C32H29N3O7S/c1-3-39-32(38)26-20-9-5-4-6-12-25(20)43-30(26)35-29(36)18(2)42-31(37)19-13-14-21-22(17-19)34-28(24-11-8-16-41-24)27(33-21)23-10-7-15-40-23/h7-8,10-11,13-18H,3-6,9,12H2,1-2H3,(H,35,36). The highest BCUT2D eigenvalue weighted by Crippen LogP contribution is 2.38. The number of carbonyl (C=O) groups is 3. The number of nitrogens with zero attached hydrogens (tertiary/aromatic N) is 2. The van der Waals surface area contributed by atoms with Gasteiger partial charge in [0.1, 0.15) is 16.4 Å². The van der Waals surface area contributed by atoms with Crippen molar-refractivity contribution in [3.05, 3.63) is 76.6 Å². The predicted octanol–water partition coefficient (Wildman–Crippen LogP) is 6.84. The van der Waals surface area contributed by atoms with Crippen molar-refractivity contribution < 1.29 is 32.7 Å². The molecule has 1 aromatic carbocycles. The molecule has 1 unspecified atom stereocenters. The molecule has 0 aliphatic heterocycles. The smallest absolute Gasteiger partial charge is 0.341 e. The molecule has 5 aromatic rings. The van der Waals surface area contributed by atoms with Gasteiger partial charge in [-0.1, -0.05) is 6.42 Å². The van der Waals surface area contributed by atoms with E-state index in [2.05, 4.69) is 5.32 Å². The van der Waals surface area contributed by atoms with Gasteiger partial charge in [0.2, 0.25) is 0 Å². The van der Waals surface area contributed by atoms with Crippen molar-refractivity contribution in [2.45, 2.75) is 52.1 Å². The van der Waals surface area contributed by atoms with E-state index in [0.29, 0.717) is 44.5 Å². The summed E-state index contributed by atoms with van der Waals surface area (Å²) in [6.45, 7) is 3.46. The summed E-state index contributed by atoms with van der Waals surface area (Å²) in [5, 5.41) is 3.24. The zero-order chi connectivity index (χ0) is 29.9. The zero-order valence-electron chi connectivity index (χ0n) is 23.7. The monoisotopic (exact) mass is 599 g/mol. The normalized spacial score (nSPS) is 13.6. The number of benzene rings is 1. The SMILES string of the molecule is CCOC(=O)c1c(NC(=O)C(C)OC(=O)c2ccc3nc(-c4ccco4)c(-c4ccco4)nc3c2)sc2c1CCCCC2. The van der Waals surface area contributed by atoms with Crippen molar-refractivity contribution in [2.75, 3.05) is 11.9 Å². The van der Waals surface area contributed by atoms with Crippen molar-refractivity contribution in [3.63, 3.8) is 0 Å². The van der Waals surface area contributed by atoms with Gasteiger partial charge in [0.15, 0.2) is 17.6 Å². The molecule has 0 spiro atoms. The fraction of sp³-hybridized carbons (Fsp3) is 0.281. The summed E-state index contributed by atoms with van der Waals surface area (Å²) in [7, 11) is 0. The Kier molecular flexibility index (Phi) is 8.06. The fourth-order valence-corrected chi connectivity index (χ4v) is 6.38. The number of hydrogen-bond acceptors (Lipinski definition) is 10. The number of rotatable bonds is 8. The van der Waals surface area contributed by atoms with Gasteiger partial charge in [-0.05, 0) is 87.6 Å². The summed E-state index contributed by atoms with van der Waals surface area (Å²) in [4.78, 5) is 49.6. The van der Waals surface area contributed by atoms with Gasteiger partial charge >= 0.3 is 11.9 Å². The summed E-state index contributed by atoms with van der Waals surface area (Å²) < 4.78 is 22.0. The Hall–Kier alpha value is -4.77. The molecule has 4 aromatic heterocycles. The Labute approximate surface area is 251 Å². The van der Waals surface area contributed by atoms with Crippen LogP contribution in [0.25, 0.3) is 33.9 Å². The molecule has 10 nitrogen and oxygen atoms in total. The average molecular weight is 600 g/mol. The molecule has 1 N–H and O–H groups in total. The van der Waals surface area contributed by atoms with Crippen molar-refractivity contribution in [2.24, 2.45) is 0 Å². The number of anilines is 1. The molecule has 0 bridgehead atoms. The number of esters is 2. The van der Waals surface area contributed by atoms with Crippen LogP contribution in [0.5, 0.6) is 0 Å². The largest absolute Gasteiger partial charge is 0.463 e. The van der Waals surface area contributed by atoms with Crippen molar-refractivity contribution >= 4 is 45.2 Å². The van der Waals surface area contributed by atoms with E-state index in [9.17, 15) is 14.4 Å². The summed E-state index contributed by atoms with van der Waals surface area (Å²) >= 11 is 1.39. The molecule has 1 aliphatic carbocycles. The molecule has 6 rings (SSSR count). The number of ether oxygens (including phenoxy) is 2. The number of aryl methyl sites for hydroxylation is 1. The van der Waals surface area contributed by atoms with Crippen molar-refractivity contribution in [1.82, 2.24) is 9.97 Å². The highest BCUT2D eigenvalue weighted by atomic mass is 32.1. The Morgan fingerprint density at radius 1 is 0.930 bits per heavy atom. The topological polar surface area (TPSA) is 134 Å². The van der Waals surface area contributed by atoms with Crippen LogP contribution in [0.4, 0.5) is 5.00 Å². The Morgan fingerprint density at radius 2 is 1.63 bits per heavy atom. The first-order valence-corrected chi connectivity index (χ1v) is 15.0. The van der Waals surface area contributed by atoms with Gasteiger partial charge in [-0.3, -0.25) is 4.79 Å². The van der Waals surface area contributed by atoms with E-state index in [1.165, 1.54) is 24.5 Å². The third-order valence-corrected chi connectivity index (χ3v) is 8.41. The first kappa shape index (κ1) is 28.4. The first-order chi connectivity index (χ1) is 20.9. The summed E-state index contributed by atoms with van der Waals surface area (Å²) in [6, 6.07) is 11.8. The second kappa shape index (κ2) is 12.2. The van der Waals surface area contributed by atoms with E-state index in [-0.39, 0.29) is 12.2 Å². The third-order valence-electron chi connectivity index (χ3n) is 7.20. The molecule has 43 heavy (non-hydrogen) atoms. The lowest BCUT2D eigenvalue weighted by molar-refractivity contribution is -0.123. The molecule has 1 amide bonds. The lowest BCUT2D eigenvalue weighted by Crippen LogP contribution is -2.30. The van der Waals surface area contributed by atoms with Gasteiger partial charge in [-0.2, -0.15) is 0 Å². The highest BCUT2D eigenvalue weighted by molar-refractivity contribution is 7.17. The number of thiophene rings is 1. The molecule has 11 heteroatoms. The van der Waals surface area contributed by atoms with Crippen LogP contribution in [0, 0.1) is 0 Å². The van der Waals surface area contributed by atoms with Crippen LogP contribution in [0.3, 0.4) is 0 Å². The summed E-state index contributed by atoms with van der Waals surface area (Å²) in [5.41, 5.74) is 3.49. The van der Waals surface area contributed by atoms with Crippen molar-refractivity contribution in [3.8, 4) is 22.9 Å². The second-order valence-corrected chi connectivity index (χ2v) is 11.2. The Morgan fingerprint density at radius 3 is 2.30 bits per heavy atom. The van der Waals surface area contributed by atoms with Gasteiger partial charge in [0.05, 0.1) is 41.3 Å². The van der Waals surface area contributed by atoms with E-state index in [1.807, 2.05) is 0 Å². The number of nitrogens with one attached hydrogen (secondary N) is 1. The van der Waals surface area contributed by atoms with Crippen LogP contribution in [0.15, 0.2) is 63.8 Å². The zero-order valence-corrected chi connectivity index (χ0v) is 24.5.